The van der Waals surface area contributed by atoms with Gasteiger partial charge >= 0.3 is 0 Å². The van der Waals surface area contributed by atoms with Crippen LogP contribution in [0.25, 0.3) is 0 Å². The molecular weight excluding hydrogens is 267 g/mol. The van der Waals surface area contributed by atoms with Gasteiger partial charge in [0.1, 0.15) is 0 Å². The maximum Gasteiger partial charge on any atom is 0.0233 e. The third-order valence-corrected chi connectivity index (χ3v) is 3.75. The molecule has 1 saturated heterocycles. The normalized spacial score (nSPS) is 23.9. The van der Waals surface area contributed by atoms with E-state index in [0.717, 1.165) is 25.6 Å². The zero-order valence-electron chi connectivity index (χ0n) is 10.9. The highest BCUT2D eigenvalue weighted by Crippen LogP contribution is 2.23. The third-order valence-electron chi connectivity index (χ3n) is 3.75. The van der Waals surface area contributed by atoms with Gasteiger partial charge in [-0.05, 0) is 36.9 Å². The molecule has 0 amide bonds. The van der Waals surface area contributed by atoms with Gasteiger partial charge in [0.15, 0.2) is 0 Å². The molecule has 1 aliphatic rings. The summed E-state index contributed by atoms with van der Waals surface area (Å²) in [5.74, 6) is 1.47. The lowest BCUT2D eigenvalue weighted by Crippen LogP contribution is -2.42. The number of hydrogen-bond acceptors (Lipinski definition) is 2. The maximum atomic E-state index is 5.82. The molecular formula is C14H24Cl2N2. The Bertz CT molecular complexity index is 319. The number of piperidine rings is 1. The van der Waals surface area contributed by atoms with Gasteiger partial charge in [0.25, 0.3) is 0 Å². The summed E-state index contributed by atoms with van der Waals surface area (Å²) in [6.07, 6.45) is 1.29. The second-order valence-electron chi connectivity index (χ2n) is 4.98. The fourth-order valence-electron chi connectivity index (χ4n) is 2.52. The predicted molar refractivity (Wildman–Crippen MR) is 82.5 cm³/mol. The number of likely N-dealkylation sites (tertiary alicyclic amines) is 1. The van der Waals surface area contributed by atoms with Gasteiger partial charge in [-0.1, -0.05) is 37.3 Å². The van der Waals surface area contributed by atoms with Crippen LogP contribution in [0.5, 0.6) is 0 Å². The minimum Gasteiger partial charge on any atom is -0.330 e. The first-order valence-electron chi connectivity index (χ1n) is 6.26. The average Bonchev–Trinajstić information content (AvgIpc) is 2.33. The van der Waals surface area contributed by atoms with E-state index in [1.165, 1.54) is 18.5 Å². The molecule has 1 aromatic carbocycles. The molecule has 2 N–H and O–H groups in total. The summed E-state index contributed by atoms with van der Waals surface area (Å²) in [5.41, 5.74) is 7.23. The quantitative estimate of drug-likeness (QED) is 0.927. The molecule has 1 aliphatic heterocycles. The summed E-state index contributed by atoms with van der Waals surface area (Å²) in [5, 5.41) is 0. The van der Waals surface area contributed by atoms with Gasteiger partial charge in [0, 0.05) is 13.1 Å². The molecule has 0 unspecified atom stereocenters. The number of rotatable bonds is 3. The lowest BCUT2D eigenvalue weighted by Gasteiger charge is -2.36. The maximum absolute atomic E-state index is 5.82. The monoisotopic (exact) mass is 290 g/mol. The SMILES string of the molecule is C[C@H]1CCN(Cc2ccccc2)C[C@H]1CN.Cl.Cl. The van der Waals surface area contributed by atoms with E-state index in [9.17, 15) is 0 Å². The van der Waals surface area contributed by atoms with Gasteiger partial charge in [-0.3, -0.25) is 4.90 Å². The van der Waals surface area contributed by atoms with Crippen molar-refractivity contribution in [3.63, 3.8) is 0 Å². The van der Waals surface area contributed by atoms with Crippen LogP contribution >= 0.6 is 24.8 Å². The Morgan fingerprint density at radius 1 is 1.22 bits per heavy atom. The van der Waals surface area contributed by atoms with E-state index in [2.05, 4.69) is 42.2 Å². The van der Waals surface area contributed by atoms with Crippen molar-refractivity contribution in [2.75, 3.05) is 19.6 Å². The molecule has 2 nitrogen and oxygen atoms in total. The second kappa shape index (κ2) is 8.76. The van der Waals surface area contributed by atoms with E-state index in [4.69, 9.17) is 5.73 Å². The Hall–Kier alpha value is -0.280. The summed E-state index contributed by atoms with van der Waals surface area (Å²) in [6, 6.07) is 10.7. The van der Waals surface area contributed by atoms with E-state index in [1.54, 1.807) is 0 Å². The molecule has 0 aromatic heterocycles. The number of nitrogens with two attached hydrogens (primary N) is 1. The highest BCUT2D eigenvalue weighted by molar-refractivity contribution is 5.85. The van der Waals surface area contributed by atoms with Crippen molar-refractivity contribution < 1.29 is 0 Å². The van der Waals surface area contributed by atoms with Crippen LogP contribution in [0.3, 0.4) is 0 Å². The molecule has 1 fully saturated rings. The number of benzene rings is 1. The van der Waals surface area contributed by atoms with Crippen LogP contribution in [0, 0.1) is 11.8 Å². The van der Waals surface area contributed by atoms with E-state index in [-0.39, 0.29) is 24.8 Å². The van der Waals surface area contributed by atoms with Crippen LogP contribution in [0.15, 0.2) is 30.3 Å². The lowest BCUT2D eigenvalue weighted by atomic mass is 9.87. The van der Waals surface area contributed by atoms with Gasteiger partial charge < -0.3 is 5.73 Å². The van der Waals surface area contributed by atoms with E-state index >= 15 is 0 Å². The topological polar surface area (TPSA) is 29.3 Å². The smallest absolute Gasteiger partial charge is 0.0233 e. The van der Waals surface area contributed by atoms with Crippen molar-refractivity contribution in [3.8, 4) is 0 Å². The van der Waals surface area contributed by atoms with Gasteiger partial charge in [-0.15, -0.1) is 24.8 Å². The van der Waals surface area contributed by atoms with Gasteiger partial charge in [0.2, 0.25) is 0 Å². The van der Waals surface area contributed by atoms with E-state index in [1.807, 2.05) is 0 Å². The van der Waals surface area contributed by atoms with Crippen molar-refractivity contribution in [2.45, 2.75) is 19.9 Å². The highest BCUT2D eigenvalue weighted by Gasteiger charge is 2.24. The molecule has 2 atom stereocenters. The minimum absolute atomic E-state index is 0. The van der Waals surface area contributed by atoms with Crippen molar-refractivity contribution >= 4 is 24.8 Å². The molecule has 4 heteroatoms. The summed E-state index contributed by atoms with van der Waals surface area (Å²) in [6.45, 7) is 6.60. The molecule has 1 aromatic rings. The fraction of sp³-hybridized carbons (Fsp3) is 0.571. The first-order valence-corrected chi connectivity index (χ1v) is 6.26. The molecule has 1 heterocycles. The largest absolute Gasteiger partial charge is 0.330 e. The van der Waals surface area contributed by atoms with Crippen LogP contribution in [0.2, 0.25) is 0 Å². The molecule has 0 radical (unpaired) electrons. The standard InChI is InChI=1S/C14H22N2.2ClH/c1-12-7-8-16(11-14(12)9-15)10-13-5-3-2-4-6-13;;/h2-6,12,14H,7-11,15H2,1H3;2*1H/t12-,14+;;/m0../s1. The Morgan fingerprint density at radius 3 is 2.50 bits per heavy atom. The summed E-state index contributed by atoms with van der Waals surface area (Å²) in [7, 11) is 0. The predicted octanol–water partition coefficient (Wildman–Crippen LogP) is 2.95. The molecule has 104 valence electrons. The van der Waals surface area contributed by atoms with E-state index in [0.29, 0.717) is 5.92 Å². The van der Waals surface area contributed by atoms with Crippen molar-refractivity contribution in [1.29, 1.82) is 0 Å². The first kappa shape index (κ1) is 17.7. The first-order chi connectivity index (χ1) is 7.79. The Balaban J connectivity index is 0.00000144. The van der Waals surface area contributed by atoms with Gasteiger partial charge in [-0.2, -0.15) is 0 Å². The van der Waals surface area contributed by atoms with Crippen LogP contribution in [0.4, 0.5) is 0 Å². The number of halogens is 2. The summed E-state index contributed by atoms with van der Waals surface area (Å²) >= 11 is 0. The molecule has 18 heavy (non-hydrogen) atoms. The minimum atomic E-state index is 0. The van der Waals surface area contributed by atoms with Crippen LogP contribution < -0.4 is 5.73 Å². The number of nitrogens with zero attached hydrogens (tertiary/aromatic N) is 1. The number of hydrogen-bond donors (Lipinski definition) is 1. The average molecular weight is 291 g/mol. The molecule has 0 spiro atoms. The second-order valence-corrected chi connectivity index (χ2v) is 4.98. The highest BCUT2D eigenvalue weighted by atomic mass is 35.5. The van der Waals surface area contributed by atoms with Crippen LogP contribution in [0.1, 0.15) is 18.9 Å². The summed E-state index contributed by atoms with van der Waals surface area (Å²) in [4.78, 5) is 2.53. The molecule has 0 bridgehead atoms. The van der Waals surface area contributed by atoms with Crippen LogP contribution in [-0.4, -0.2) is 24.5 Å². The Kier molecular flexibility index (Phi) is 8.62. The molecule has 0 aliphatic carbocycles. The third kappa shape index (κ3) is 4.77. The zero-order chi connectivity index (χ0) is 11.4. The zero-order valence-corrected chi connectivity index (χ0v) is 12.6. The van der Waals surface area contributed by atoms with Gasteiger partial charge in [0.05, 0.1) is 0 Å². The Labute approximate surface area is 123 Å². The van der Waals surface area contributed by atoms with Crippen molar-refractivity contribution in [3.05, 3.63) is 35.9 Å². The summed E-state index contributed by atoms with van der Waals surface area (Å²) < 4.78 is 0. The lowest BCUT2D eigenvalue weighted by molar-refractivity contribution is 0.126. The van der Waals surface area contributed by atoms with Crippen LogP contribution in [-0.2, 0) is 6.54 Å². The fourth-order valence-corrected chi connectivity index (χ4v) is 2.52. The van der Waals surface area contributed by atoms with Crippen molar-refractivity contribution in [2.24, 2.45) is 17.6 Å². The molecule has 2 rings (SSSR count). The molecule has 0 saturated carbocycles. The van der Waals surface area contributed by atoms with Gasteiger partial charge in [-0.25, -0.2) is 0 Å². The Morgan fingerprint density at radius 2 is 1.89 bits per heavy atom. The van der Waals surface area contributed by atoms with Crippen molar-refractivity contribution in [1.82, 2.24) is 4.90 Å². The van der Waals surface area contributed by atoms with E-state index < -0.39 is 0 Å².